The van der Waals surface area contributed by atoms with Crippen LogP contribution in [-0.2, 0) is 4.79 Å². The van der Waals surface area contributed by atoms with Crippen molar-refractivity contribution in [2.24, 2.45) is 0 Å². The fourth-order valence-electron chi connectivity index (χ4n) is 2.56. The van der Waals surface area contributed by atoms with Crippen molar-refractivity contribution in [2.45, 2.75) is 13.0 Å². The molecule has 0 aromatic heterocycles. The van der Waals surface area contributed by atoms with Gasteiger partial charge in [0, 0.05) is 6.08 Å². The number of aryl methyl sites for hydroxylation is 1. The molecule has 1 amide bonds. The molecule has 112 valence electrons. The normalized spacial score (nSPS) is 16.2. The molecule has 1 aliphatic heterocycles. The van der Waals surface area contributed by atoms with Crippen LogP contribution in [-0.4, -0.2) is 11.9 Å². The fourth-order valence-corrected chi connectivity index (χ4v) is 2.56. The van der Waals surface area contributed by atoms with Gasteiger partial charge in [0.1, 0.15) is 6.04 Å². The Hall–Kier alpha value is -3.12. The number of hydrogen-bond donors (Lipinski definition) is 0. The predicted molar refractivity (Wildman–Crippen MR) is 92.6 cm³/mol. The van der Waals surface area contributed by atoms with E-state index in [1.54, 1.807) is 12.2 Å². The summed E-state index contributed by atoms with van der Waals surface area (Å²) in [5.41, 5.74) is 3.84. The van der Waals surface area contributed by atoms with Gasteiger partial charge in [0.2, 0.25) is 0 Å². The summed E-state index contributed by atoms with van der Waals surface area (Å²) >= 11 is 0. The topological polar surface area (TPSA) is 44.1 Å². The molecule has 0 bridgehead atoms. The maximum absolute atomic E-state index is 12.6. The van der Waals surface area contributed by atoms with Gasteiger partial charge in [-0.3, -0.25) is 9.69 Å². The number of para-hydroxylation sites is 1. The first kappa shape index (κ1) is 14.8. The van der Waals surface area contributed by atoms with Gasteiger partial charge in [-0.1, -0.05) is 54.1 Å². The van der Waals surface area contributed by atoms with Crippen LogP contribution >= 0.6 is 0 Å². The summed E-state index contributed by atoms with van der Waals surface area (Å²) in [6.45, 7) is 2.02. The molecule has 3 rings (SSSR count). The first-order valence-corrected chi connectivity index (χ1v) is 7.44. The van der Waals surface area contributed by atoms with Crippen LogP contribution in [0.15, 0.2) is 60.7 Å². The molecular weight excluding hydrogens is 284 g/mol. The molecule has 1 heterocycles. The van der Waals surface area contributed by atoms with Crippen molar-refractivity contribution in [1.29, 1.82) is 5.26 Å². The van der Waals surface area contributed by atoms with Gasteiger partial charge in [0.15, 0.2) is 0 Å². The molecule has 0 aliphatic carbocycles. The number of nitriles is 1. The number of nitrogens with zero attached hydrogens (tertiary/aromatic N) is 2. The first-order valence-electron chi connectivity index (χ1n) is 7.44. The van der Waals surface area contributed by atoms with Gasteiger partial charge in [0.05, 0.1) is 11.8 Å². The Kier molecular flexibility index (Phi) is 4.07. The zero-order valence-electron chi connectivity index (χ0n) is 12.8. The lowest BCUT2D eigenvalue weighted by molar-refractivity contribution is -0.114. The van der Waals surface area contributed by atoms with Gasteiger partial charge in [-0.25, -0.2) is 0 Å². The van der Waals surface area contributed by atoms with Crippen LogP contribution in [0.1, 0.15) is 16.7 Å². The molecule has 0 spiro atoms. The molecule has 3 heteroatoms. The van der Waals surface area contributed by atoms with Crippen LogP contribution in [0.3, 0.4) is 0 Å². The van der Waals surface area contributed by atoms with Crippen LogP contribution in [0.2, 0.25) is 0 Å². The molecule has 1 unspecified atom stereocenters. The van der Waals surface area contributed by atoms with E-state index in [0.717, 1.165) is 16.8 Å². The number of hydrogen-bond acceptors (Lipinski definition) is 2. The zero-order chi connectivity index (χ0) is 16.2. The van der Waals surface area contributed by atoms with Gasteiger partial charge in [-0.05, 0) is 36.3 Å². The second-order valence-electron chi connectivity index (χ2n) is 5.44. The van der Waals surface area contributed by atoms with Crippen LogP contribution in [0.25, 0.3) is 12.2 Å². The smallest absolute Gasteiger partial charge is 0.252 e. The van der Waals surface area contributed by atoms with E-state index in [1.807, 2.05) is 61.5 Å². The highest BCUT2D eigenvalue weighted by molar-refractivity contribution is 6.06. The third-order valence-electron chi connectivity index (χ3n) is 3.80. The van der Waals surface area contributed by atoms with Crippen LogP contribution in [0.4, 0.5) is 5.69 Å². The SMILES string of the molecule is Cc1ccc(C=CC(=O)N2c3ccccc3C=CC2C#N)cc1. The highest BCUT2D eigenvalue weighted by atomic mass is 16.2. The summed E-state index contributed by atoms with van der Waals surface area (Å²) in [7, 11) is 0. The third-order valence-corrected chi connectivity index (χ3v) is 3.80. The molecule has 0 saturated heterocycles. The van der Waals surface area contributed by atoms with Gasteiger partial charge >= 0.3 is 0 Å². The van der Waals surface area contributed by atoms with Crippen molar-refractivity contribution in [3.8, 4) is 6.07 Å². The van der Waals surface area contributed by atoms with Crippen molar-refractivity contribution in [3.05, 3.63) is 77.4 Å². The van der Waals surface area contributed by atoms with E-state index >= 15 is 0 Å². The molecule has 1 aliphatic rings. The summed E-state index contributed by atoms with van der Waals surface area (Å²) in [4.78, 5) is 14.2. The molecular formula is C20H16N2O. The van der Waals surface area contributed by atoms with Gasteiger partial charge in [0.25, 0.3) is 5.91 Å². The molecule has 0 N–H and O–H groups in total. The van der Waals surface area contributed by atoms with Crippen LogP contribution in [0.5, 0.6) is 0 Å². The summed E-state index contributed by atoms with van der Waals surface area (Å²) in [6.07, 6.45) is 6.93. The number of carbonyl (C=O) groups excluding carboxylic acids is 1. The van der Waals surface area contributed by atoms with Gasteiger partial charge < -0.3 is 0 Å². The van der Waals surface area contributed by atoms with Crippen LogP contribution < -0.4 is 4.90 Å². The van der Waals surface area contributed by atoms with E-state index in [1.165, 1.54) is 16.5 Å². The van der Waals surface area contributed by atoms with Gasteiger partial charge in [-0.2, -0.15) is 5.26 Å². The lowest BCUT2D eigenvalue weighted by Crippen LogP contribution is -2.39. The zero-order valence-corrected chi connectivity index (χ0v) is 12.8. The maximum atomic E-state index is 12.6. The summed E-state index contributed by atoms with van der Waals surface area (Å²) in [5.74, 6) is -0.200. The predicted octanol–water partition coefficient (Wildman–Crippen LogP) is 3.96. The first-order chi connectivity index (χ1) is 11.2. The van der Waals surface area contributed by atoms with E-state index < -0.39 is 6.04 Å². The summed E-state index contributed by atoms with van der Waals surface area (Å²) in [6, 6.07) is 17.1. The molecule has 0 saturated carbocycles. The minimum Gasteiger partial charge on any atom is -0.288 e. The number of rotatable bonds is 2. The largest absolute Gasteiger partial charge is 0.288 e. The second kappa shape index (κ2) is 6.33. The Labute approximate surface area is 135 Å². The minimum atomic E-state index is -0.583. The number of fused-ring (bicyclic) bond motifs is 1. The minimum absolute atomic E-state index is 0.200. The molecule has 2 aromatic carbocycles. The Morgan fingerprint density at radius 3 is 2.65 bits per heavy atom. The van der Waals surface area contributed by atoms with E-state index in [2.05, 4.69) is 6.07 Å². The van der Waals surface area contributed by atoms with Crippen molar-refractivity contribution >= 4 is 23.7 Å². The molecule has 23 heavy (non-hydrogen) atoms. The van der Waals surface area contributed by atoms with E-state index in [0.29, 0.717) is 0 Å². The Bertz CT molecular complexity index is 825. The highest BCUT2D eigenvalue weighted by Crippen LogP contribution is 2.29. The second-order valence-corrected chi connectivity index (χ2v) is 5.44. The number of benzene rings is 2. The Morgan fingerprint density at radius 1 is 1.17 bits per heavy atom. The lowest BCUT2D eigenvalue weighted by Gasteiger charge is -2.29. The van der Waals surface area contributed by atoms with Gasteiger partial charge in [-0.15, -0.1) is 0 Å². The average Bonchev–Trinajstić information content (AvgIpc) is 2.60. The summed E-state index contributed by atoms with van der Waals surface area (Å²) < 4.78 is 0. The standard InChI is InChI=1S/C20H16N2O/c1-15-6-8-16(9-7-15)10-13-20(23)22-18(14-21)12-11-17-4-2-3-5-19(17)22/h2-13,18H,1H3. The molecule has 0 radical (unpaired) electrons. The number of anilines is 1. The number of carbonyl (C=O) groups is 1. The van der Waals surface area contributed by atoms with Crippen LogP contribution in [0, 0.1) is 18.3 Å². The van der Waals surface area contributed by atoms with Crippen molar-refractivity contribution in [3.63, 3.8) is 0 Å². The maximum Gasteiger partial charge on any atom is 0.252 e. The summed E-state index contributed by atoms with van der Waals surface area (Å²) in [5, 5.41) is 9.33. The Morgan fingerprint density at radius 2 is 1.91 bits per heavy atom. The highest BCUT2D eigenvalue weighted by Gasteiger charge is 2.26. The fraction of sp³-hybridized carbons (Fsp3) is 0.100. The molecule has 1 atom stereocenters. The van der Waals surface area contributed by atoms with Crippen molar-refractivity contribution in [2.75, 3.05) is 4.90 Å². The third kappa shape index (κ3) is 3.07. The Balaban J connectivity index is 1.89. The van der Waals surface area contributed by atoms with Crippen molar-refractivity contribution < 1.29 is 4.79 Å². The lowest BCUT2D eigenvalue weighted by atomic mass is 10.0. The van der Waals surface area contributed by atoms with E-state index in [9.17, 15) is 10.1 Å². The van der Waals surface area contributed by atoms with E-state index in [-0.39, 0.29) is 5.91 Å². The monoisotopic (exact) mass is 300 g/mol. The average molecular weight is 300 g/mol. The quantitative estimate of drug-likeness (QED) is 0.788. The molecule has 0 fully saturated rings. The number of amides is 1. The van der Waals surface area contributed by atoms with Crippen molar-refractivity contribution in [1.82, 2.24) is 0 Å². The molecule has 2 aromatic rings. The van der Waals surface area contributed by atoms with E-state index in [4.69, 9.17) is 0 Å². The molecule has 3 nitrogen and oxygen atoms in total.